The van der Waals surface area contributed by atoms with Crippen LogP contribution in [0.3, 0.4) is 0 Å². The van der Waals surface area contributed by atoms with E-state index in [9.17, 15) is 26.4 Å². The number of fused-ring (bicyclic) bond motifs is 2. The second-order valence-corrected chi connectivity index (χ2v) is 13.7. The third-order valence-corrected chi connectivity index (χ3v) is 10.5. The summed E-state index contributed by atoms with van der Waals surface area (Å²) < 4.78 is 83.8. The fourth-order valence-electron chi connectivity index (χ4n) is 5.99. The Hall–Kier alpha value is -3.04. The van der Waals surface area contributed by atoms with Crippen LogP contribution in [0.2, 0.25) is 5.02 Å². The molecule has 0 spiro atoms. The second-order valence-electron chi connectivity index (χ2n) is 11.2. The quantitative estimate of drug-likeness (QED) is 0.315. The number of nitrogens with zero attached hydrogens (tertiary/aromatic N) is 3. The van der Waals surface area contributed by atoms with Gasteiger partial charge in [-0.05, 0) is 61.6 Å². The van der Waals surface area contributed by atoms with Crippen molar-refractivity contribution in [3.05, 3.63) is 81.9 Å². The molecule has 2 aliphatic rings. The molecule has 9 nitrogen and oxygen atoms in total. The molecule has 2 bridgehead atoms. The highest BCUT2D eigenvalue weighted by molar-refractivity contribution is 7.89. The number of nitrogens with one attached hydrogen (secondary N) is 2. The smallest absolute Gasteiger partial charge is 0.324 e. The number of amides is 1. The number of hydrogen-bond donors (Lipinski definition) is 3. The summed E-state index contributed by atoms with van der Waals surface area (Å²) in [5.74, 6) is -2.39. The Bertz CT molecular complexity index is 1620. The van der Waals surface area contributed by atoms with Gasteiger partial charge < -0.3 is 16.4 Å². The average molecular weight is 657 g/mol. The van der Waals surface area contributed by atoms with Gasteiger partial charge in [-0.15, -0.1) is 0 Å². The molecule has 44 heavy (non-hydrogen) atoms. The average Bonchev–Trinajstić information content (AvgIpc) is 3.30. The Morgan fingerprint density at radius 3 is 2.64 bits per heavy atom. The van der Waals surface area contributed by atoms with Crippen LogP contribution in [-0.2, 0) is 34.5 Å². The number of halogens is 5. The fraction of sp³-hybridized carbons (Fsp3) is 0.448. The van der Waals surface area contributed by atoms with E-state index in [1.165, 1.54) is 34.6 Å². The maximum Gasteiger partial charge on any atom is 0.433 e. The molecule has 2 fully saturated rings. The van der Waals surface area contributed by atoms with E-state index in [4.69, 9.17) is 17.3 Å². The molecule has 2 aromatic carbocycles. The number of rotatable bonds is 8. The van der Waals surface area contributed by atoms with Gasteiger partial charge in [-0.2, -0.15) is 22.6 Å². The van der Waals surface area contributed by atoms with Gasteiger partial charge in [0.1, 0.15) is 11.5 Å². The molecule has 5 atom stereocenters. The van der Waals surface area contributed by atoms with Gasteiger partial charge >= 0.3 is 6.18 Å². The number of alkyl halides is 3. The Labute approximate surface area is 257 Å². The lowest BCUT2D eigenvalue weighted by molar-refractivity contribution is -0.143. The zero-order valence-electron chi connectivity index (χ0n) is 23.8. The SMILES string of the molecule is Cn1nc([C@H](c2ccc(Cl)cc2)[C@H](N)C(=O)Nc2cccc(F)c2CC[C@H]2CN[C@@H]3CCCS(=O)(=O)N2C3)cc1C(F)(F)F. The molecule has 5 rings (SSSR count). The van der Waals surface area contributed by atoms with Crippen molar-refractivity contribution in [1.82, 2.24) is 19.4 Å². The zero-order valence-corrected chi connectivity index (χ0v) is 25.4. The van der Waals surface area contributed by atoms with Gasteiger partial charge in [0, 0.05) is 48.5 Å². The van der Waals surface area contributed by atoms with Crippen molar-refractivity contribution >= 4 is 33.2 Å². The van der Waals surface area contributed by atoms with Gasteiger partial charge in [-0.1, -0.05) is 29.8 Å². The van der Waals surface area contributed by atoms with Crippen LogP contribution in [0.4, 0.5) is 23.2 Å². The van der Waals surface area contributed by atoms with Crippen molar-refractivity contribution in [2.75, 3.05) is 24.2 Å². The highest BCUT2D eigenvalue weighted by atomic mass is 35.5. The number of sulfonamides is 1. The highest BCUT2D eigenvalue weighted by Crippen LogP contribution is 2.35. The minimum absolute atomic E-state index is 0.0656. The molecular weight excluding hydrogens is 624 g/mol. The lowest BCUT2D eigenvalue weighted by Gasteiger charge is -2.37. The molecule has 0 radical (unpaired) electrons. The number of carbonyl (C=O) groups excluding carboxylic acids is 1. The Morgan fingerprint density at radius 2 is 1.95 bits per heavy atom. The standard InChI is InChI=1S/C29H33ClF4N6O3S/c1-39-25(29(32,33)34)14-24(38-39)26(17-7-9-18(30)10-8-17)27(35)28(41)37-23-6-2-5-22(31)21(23)12-11-20-15-36-19-4-3-13-44(42,43)40(20)16-19/h2,5-10,14,19-20,26-27,36H,3-4,11-13,15-16,35H2,1H3,(H,37,41)/t19-,20+,26+,27+/m1/s1. The number of hydrogen-bond acceptors (Lipinski definition) is 6. The fourth-order valence-corrected chi connectivity index (χ4v) is 7.93. The number of aryl methyl sites for hydroxylation is 1. The van der Waals surface area contributed by atoms with E-state index in [1.54, 1.807) is 12.1 Å². The van der Waals surface area contributed by atoms with Gasteiger partial charge in [-0.3, -0.25) is 9.48 Å². The van der Waals surface area contributed by atoms with Crippen molar-refractivity contribution in [3.63, 3.8) is 0 Å². The number of nitrogens with two attached hydrogens (primary N) is 1. The van der Waals surface area contributed by atoms with E-state index >= 15 is 4.39 Å². The molecule has 1 amide bonds. The monoisotopic (exact) mass is 656 g/mol. The Kier molecular flexibility index (Phi) is 9.38. The molecule has 2 saturated heterocycles. The summed E-state index contributed by atoms with van der Waals surface area (Å²) in [4.78, 5) is 13.6. The van der Waals surface area contributed by atoms with Crippen molar-refractivity contribution in [1.29, 1.82) is 0 Å². The van der Waals surface area contributed by atoms with Crippen LogP contribution in [0.25, 0.3) is 0 Å². The van der Waals surface area contributed by atoms with E-state index in [2.05, 4.69) is 15.7 Å². The predicted octanol–water partition coefficient (Wildman–Crippen LogP) is 4.03. The number of benzene rings is 2. The second kappa shape index (κ2) is 12.8. The van der Waals surface area contributed by atoms with E-state index in [-0.39, 0.29) is 41.2 Å². The molecule has 1 unspecified atom stereocenters. The van der Waals surface area contributed by atoms with Crippen LogP contribution in [0.5, 0.6) is 0 Å². The number of aromatic nitrogens is 2. The van der Waals surface area contributed by atoms with Crippen molar-refractivity contribution in [2.24, 2.45) is 12.8 Å². The molecule has 2 aliphatic heterocycles. The first kappa shape index (κ1) is 32.4. The third kappa shape index (κ3) is 6.94. The van der Waals surface area contributed by atoms with Gasteiger partial charge in [0.25, 0.3) is 0 Å². The van der Waals surface area contributed by atoms with Gasteiger partial charge in [0.2, 0.25) is 15.9 Å². The summed E-state index contributed by atoms with van der Waals surface area (Å²) in [5.41, 5.74) is 6.03. The molecule has 0 saturated carbocycles. The molecule has 15 heteroatoms. The third-order valence-electron chi connectivity index (χ3n) is 8.26. The van der Waals surface area contributed by atoms with Crippen LogP contribution >= 0.6 is 11.6 Å². The van der Waals surface area contributed by atoms with Crippen molar-refractivity contribution in [2.45, 2.75) is 55.9 Å². The lowest BCUT2D eigenvalue weighted by Crippen LogP contribution is -2.57. The molecule has 1 aromatic heterocycles. The first-order valence-corrected chi connectivity index (χ1v) is 16.2. The number of carbonyl (C=O) groups is 1. The van der Waals surface area contributed by atoms with Crippen molar-refractivity contribution < 1.29 is 30.8 Å². The number of piperazine rings is 1. The summed E-state index contributed by atoms with van der Waals surface area (Å²) in [5, 5.41) is 10.4. The van der Waals surface area contributed by atoms with Crippen LogP contribution in [0.15, 0.2) is 48.5 Å². The summed E-state index contributed by atoms with van der Waals surface area (Å²) in [6, 6.07) is 9.42. The predicted molar refractivity (Wildman–Crippen MR) is 158 cm³/mol. The minimum Gasteiger partial charge on any atom is -0.324 e. The summed E-state index contributed by atoms with van der Waals surface area (Å²) in [6.45, 7) is 0.788. The van der Waals surface area contributed by atoms with Crippen LogP contribution < -0.4 is 16.4 Å². The van der Waals surface area contributed by atoms with Crippen molar-refractivity contribution in [3.8, 4) is 0 Å². The molecule has 4 N–H and O–H groups in total. The summed E-state index contributed by atoms with van der Waals surface area (Å²) >= 11 is 6.02. The first-order valence-electron chi connectivity index (χ1n) is 14.2. The molecule has 0 aliphatic carbocycles. The first-order chi connectivity index (χ1) is 20.7. The largest absolute Gasteiger partial charge is 0.433 e. The Morgan fingerprint density at radius 1 is 1.23 bits per heavy atom. The molecule has 3 heterocycles. The molecule has 3 aromatic rings. The van der Waals surface area contributed by atoms with Gasteiger partial charge in [-0.25, -0.2) is 12.8 Å². The maximum atomic E-state index is 15.1. The Balaban J connectivity index is 1.39. The van der Waals surface area contributed by atoms with E-state index in [1.807, 2.05) is 0 Å². The molecular formula is C29H33ClF4N6O3S. The highest BCUT2D eigenvalue weighted by Gasteiger charge is 2.39. The van der Waals surface area contributed by atoms with Gasteiger partial charge in [0.15, 0.2) is 0 Å². The van der Waals surface area contributed by atoms with E-state index < -0.39 is 45.6 Å². The normalized spacial score (nSPS) is 23.0. The maximum absolute atomic E-state index is 15.1. The lowest BCUT2D eigenvalue weighted by atomic mass is 9.88. The van der Waals surface area contributed by atoms with E-state index in [0.29, 0.717) is 41.2 Å². The molecule has 238 valence electrons. The van der Waals surface area contributed by atoms with Gasteiger partial charge in [0.05, 0.1) is 23.4 Å². The zero-order chi connectivity index (χ0) is 31.8. The summed E-state index contributed by atoms with van der Waals surface area (Å²) in [7, 11) is -2.30. The topological polar surface area (TPSA) is 122 Å². The number of anilines is 1. The van der Waals surface area contributed by atoms with Crippen LogP contribution in [0, 0.1) is 5.82 Å². The van der Waals surface area contributed by atoms with Crippen LogP contribution in [-0.4, -0.2) is 65.4 Å². The van der Waals surface area contributed by atoms with Crippen LogP contribution in [0.1, 0.15) is 47.7 Å². The summed E-state index contributed by atoms with van der Waals surface area (Å²) in [6.07, 6.45) is -2.93. The van der Waals surface area contributed by atoms with E-state index in [0.717, 1.165) is 19.5 Å². The minimum atomic E-state index is -4.69.